The van der Waals surface area contributed by atoms with Crippen molar-refractivity contribution in [1.82, 2.24) is 4.90 Å². The molecule has 0 aliphatic carbocycles. The molecule has 1 heterocycles. The SMILES string of the molecule is CC(=O)Nc1cccc2c1C(=O)N(C(CS(C)(=O)=O)c1ccc(OC(C)F)c(O)c1)C2=O. The number of halogens is 1. The van der Waals surface area contributed by atoms with E-state index in [4.69, 9.17) is 4.74 Å². The number of hydrogen-bond acceptors (Lipinski definition) is 7. The molecule has 2 aromatic carbocycles. The molecule has 3 amide bonds. The number of hydrogen-bond donors (Lipinski definition) is 2. The van der Waals surface area contributed by atoms with E-state index in [2.05, 4.69) is 5.32 Å². The Hall–Kier alpha value is -3.47. The molecular weight excluding hydrogens is 443 g/mol. The van der Waals surface area contributed by atoms with Gasteiger partial charge >= 0.3 is 0 Å². The number of carbonyl (C=O) groups is 3. The van der Waals surface area contributed by atoms with Crippen LogP contribution in [0.5, 0.6) is 11.5 Å². The van der Waals surface area contributed by atoms with Crippen LogP contribution in [-0.2, 0) is 14.6 Å². The topological polar surface area (TPSA) is 130 Å². The standard InChI is InChI=1S/C21H21FN2O7S/c1-11(22)31-18-8-7-13(9-17(18)26)16(10-32(3,29)30)24-20(27)14-5-4-6-15(23-12(2)25)19(14)21(24)28/h4-9,11,16,26H,10H2,1-3H3,(H,23,25). The summed E-state index contributed by atoms with van der Waals surface area (Å²) in [5.41, 5.74) is 0.205. The minimum absolute atomic E-state index is 0.00943. The maximum Gasteiger partial charge on any atom is 0.264 e. The maximum atomic E-state index is 13.2. The second-order valence-electron chi connectivity index (χ2n) is 7.39. The Morgan fingerprint density at radius 1 is 1.22 bits per heavy atom. The number of nitrogens with zero attached hydrogens (tertiary/aromatic N) is 1. The van der Waals surface area contributed by atoms with Crippen LogP contribution in [0, 0.1) is 0 Å². The van der Waals surface area contributed by atoms with E-state index in [0.29, 0.717) is 0 Å². The van der Waals surface area contributed by atoms with E-state index in [1.54, 1.807) is 0 Å². The van der Waals surface area contributed by atoms with Gasteiger partial charge in [0.25, 0.3) is 11.8 Å². The lowest BCUT2D eigenvalue weighted by molar-refractivity contribution is -0.114. The highest BCUT2D eigenvalue weighted by molar-refractivity contribution is 7.90. The van der Waals surface area contributed by atoms with Crippen LogP contribution in [0.1, 0.15) is 46.2 Å². The monoisotopic (exact) mass is 464 g/mol. The van der Waals surface area contributed by atoms with Crippen molar-refractivity contribution in [3.8, 4) is 11.5 Å². The number of phenolic OH excluding ortho intramolecular Hbond substituents is 1. The van der Waals surface area contributed by atoms with Gasteiger partial charge in [-0.1, -0.05) is 12.1 Å². The molecule has 0 spiro atoms. The maximum absolute atomic E-state index is 13.2. The van der Waals surface area contributed by atoms with Crippen molar-refractivity contribution in [3.63, 3.8) is 0 Å². The summed E-state index contributed by atoms with van der Waals surface area (Å²) in [5.74, 6) is -3.28. The number of carbonyl (C=O) groups excluding carboxylic acids is 3. The second kappa shape index (κ2) is 8.58. The molecule has 2 unspecified atom stereocenters. The van der Waals surface area contributed by atoms with Gasteiger partial charge in [0.05, 0.1) is 28.6 Å². The predicted octanol–water partition coefficient (Wildman–Crippen LogP) is 2.43. The average Bonchev–Trinajstić information content (AvgIpc) is 2.91. The number of phenols is 1. The lowest BCUT2D eigenvalue weighted by Crippen LogP contribution is -2.37. The van der Waals surface area contributed by atoms with Crippen molar-refractivity contribution in [3.05, 3.63) is 53.1 Å². The third-order valence-corrected chi connectivity index (χ3v) is 5.61. The fourth-order valence-corrected chi connectivity index (χ4v) is 4.42. The first-order chi connectivity index (χ1) is 14.9. The fourth-order valence-electron chi connectivity index (χ4n) is 3.50. The number of imide groups is 1. The highest BCUT2D eigenvalue weighted by Crippen LogP contribution is 2.38. The van der Waals surface area contributed by atoms with Gasteiger partial charge in [0.2, 0.25) is 12.3 Å². The van der Waals surface area contributed by atoms with E-state index in [-0.39, 0.29) is 28.1 Å². The quantitative estimate of drug-likeness (QED) is 0.602. The molecule has 0 radical (unpaired) electrons. The van der Waals surface area contributed by atoms with Crippen LogP contribution >= 0.6 is 0 Å². The molecule has 2 N–H and O–H groups in total. The van der Waals surface area contributed by atoms with Gasteiger partial charge in [0.15, 0.2) is 11.5 Å². The number of rotatable bonds is 7. The summed E-state index contributed by atoms with van der Waals surface area (Å²) < 4.78 is 42.2. The molecule has 32 heavy (non-hydrogen) atoms. The van der Waals surface area contributed by atoms with Crippen LogP contribution in [0.4, 0.5) is 10.1 Å². The predicted molar refractivity (Wildman–Crippen MR) is 113 cm³/mol. The first-order valence-electron chi connectivity index (χ1n) is 9.49. The first kappa shape index (κ1) is 23.2. The molecule has 3 rings (SSSR count). The highest BCUT2D eigenvalue weighted by atomic mass is 32.2. The molecule has 9 nitrogen and oxygen atoms in total. The van der Waals surface area contributed by atoms with Crippen LogP contribution in [0.3, 0.4) is 0 Å². The molecule has 170 valence electrons. The molecule has 0 saturated heterocycles. The molecule has 0 aromatic heterocycles. The van der Waals surface area contributed by atoms with Gasteiger partial charge in [0.1, 0.15) is 9.84 Å². The molecule has 0 bridgehead atoms. The molecule has 0 fully saturated rings. The van der Waals surface area contributed by atoms with Crippen molar-refractivity contribution < 1.29 is 37.0 Å². The van der Waals surface area contributed by atoms with Gasteiger partial charge in [-0.2, -0.15) is 0 Å². The van der Waals surface area contributed by atoms with Crippen molar-refractivity contribution in [1.29, 1.82) is 0 Å². The highest BCUT2D eigenvalue weighted by Gasteiger charge is 2.43. The van der Waals surface area contributed by atoms with E-state index in [0.717, 1.165) is 24.1 Å². The van der Waals surface area contributed by atoms with Crippen molar-refractivity contribution in [2.24, 2.45) is 0 Å². The van der Waals surface area contributed by atoms with Crippen molar-refractivity contribution in [2.75, 3.05) is 17.3 Å². The van der Waals surface area contributed by atoms with Crippen molar-refractivity contribution >= 4 is 33.2 Å². The summed E-state index contributed by atoms with van der Waals surface area (Å²) in [4.78, 5) is 38.6. The lowest BCUT2D eigenvalue weighted by Gasteiger charge is -2.26. The normalized spacial score (nSPS) is 15.3. The summed E-state index contributed by atoms with van der Waals surface area (Å²) in [7, 11) is -3.70. The van der Waals surface area contributed by atoms with Gasteiger partial charge in [-0.3, -0.25) is 19.3 Å². The number of alkyl halides is 1. The number of benzene rings is 2. The largest absolute Gasteiger partial charge is 0.504 e. The number of aromatic hydroxyl groups is 1. The van der Waals surface area contributed by atoms with E-state index in [1.165, 1.54) is 37.3 Å². The molecule has 2 atom stereocenters. The van der Waals surface area contributed by atoms with Gasteiger partial charge in [0, 0.05) is 20.1 Å². The zero-order valence-corrected chi connectivity index (χ0v) is 18.3. The Balaban J connectivity index is 2.09. The third kappa shape index (κ3) is 4.72. The Morgan fingerprint density at radius 2 is 1.91 bits per heavy atom. The van der Waals surface area contributed by atoms with E-state index < -0.39 is 51.5 Å². The van der Waals surface area contributed by atoms with Crippen LogP contribution in [-0.4, -0.2) is 54.5 Å². The average molecular weight is 464 g/mol. The summed E-state index contributed by atoms with van der Waals surface area (Å²) >= 11 is 0. The molecular formula is C21H21FN2O7S. The molecule has 11 heteroatoms. The Kier molecular flexibility index (Phi) is 6.22. The number of nitrogens with one attached hydrogen (secondary N) is 1. The van der Waals surface area contributed by atoms with E-state index >= 15 is 0 Å². The van der Waals surface area contributed by atoms with Crippen LogP contribution in [0.25, 0.3) is 0 Å². The Morgan fingerprint density at radius 3 is 2.47 bits per heavy atom. The fraction of sp³-hybridized carbons (Fsp3) is 0.286. The minimum atomic E-state index is -3.70. The molecule has 1 aliphatic heterocycles. The minimum Gasteiger partial charge on any atom is -0.504 e. The summed E-state index contributed by atoms with van der Waals surface area (Å²) in [6.45, 7) is 2.36. The summed E-state index contributed by atoms with van der Waals surface area (Å²) in [6.07, 6.45) is -0.759. The number of ether oxygens (including phenoxy) is 1. The Labute approximate surface area is 183 Å². The second-order valence-corrected chi connectivity index (χ2v) is 9.57. The smallest absolute Gasteiger partial charge is 0.264 e. The Bertz CT molecular complexity index is 1210. The number of amides is 3. The number of fused-ring (bicyclic) bond motifs is 1. The van der Waals surface area contributed by atoms with E-state index in [9.17, 15) is 32.3 Å². The van der Waals surface area contributed by atoms with Gasteiger partial charge in [-0.25, -0.2) is 12.8 Å². The summed E-state index contributed by atoms with van der Waals surface area (Å²) in [5, 5.41) is 12.7. The number of sulfone groups is 1. The third-order valence-electron chi connectivity index (χ3n) is 4.69. The van der Waals surface area contributed by atoms with Gasteiger partial charge in [-0.15, -0.1) is 0 Å². The first-order valence-corrected chi connectivity index (χ1v) is 11.5. The summed E-state index contributed by atoms with van der Waals surface area (Å²) in [6, 6.07) is 6.73. The van der Waals surface area contributed by atoms with E-state index in [1.807, 2.05) is 0 Å². The molecule has 2 aromatic rings. The van der Waals surface area contributed by atoms with Gasteiger partial charge in [-0.05, 0) is 29.8 Å². The van der Waals surface area contributed by atoms with Crippen LogP contribution < -0.4 is 10.1 Å². The lowest BCUT2D eigenvalue weighted by atomic mass is 10.1. The zero-order chi connectivity index (χ0) is 23.8. The molecule has 1 aliphatic rings. The van der Waals surface area contributed by atoms with Crippen LogP contribution in [0.2, 0.25) is 0 Å². The van der Waals surface area contributed by atoms with Crippen molar-refractivity contribution in [2.45, 2.75) is 26.2 Å². The van der Waals surface area contributed by atoms with Crippen LogP contribution in [0.15, 0.2) is 36.4 Å². The zero-order valence-electron chi connectivity index (χ0n) is 17.5. The molecule has 0 saturated carbocycles. The number of anilines is 1. The van der Waals surface area contributed by atoms with Gasteiger partial charge < -0.3 is 15.2 Å².